The van der Waals surface area contributed by atoms with E-state index in [4.69, 9.17) is 0 Å². The quantitative estimate of drug-likeness (QED) is 0.638. The molecule has 0 N–H and O–H groups in total. The van der Waals surface area contributed by atoms with Gasteiger partial charge in [-0.15, -0.1) is 0 Å². The summed E-state index contributed by atoms with van der Waals surface area (Å²) in [7, 11) is 1.41. The Morgan fingerprint density at radius 3 is 2.58 bits per heavy atom. The van der Waals surface area contributed by atoms with E-state index in [2.05, 4.69) is 9.47 Å². The maximum atomic E-state index is 11.1. The summed E-state index contributed by atoms with van der Waals surface area (Å²) in [5, 5.41) is 0. The number of ether oxygens (including phenoxy) is 2. The summed E-state index contributed by atoms with van der Waals surface area (Å²) in [5.41, 5.74) is 0.505. The molecule has 0 atom stereocenters. The van der Waals surface area contributed by atoms with Crippen molar-refractivity contribution in [1.82, 2.24) is 0 Å². The molecule has 0 spiro atoms. The molecule has 12 heavy (non-hydrogen) atoms. The summed E-state index contributed by atoms with van der Waals surface area (Å²) < 4.78 is 9.06. The van der Waals surface area contributed by atoms with Gasteiger partial charge in [0.05, 0.1) is 5.56 Å². The van der Waals surface area contributed by atoms with Crippen LogP contribution in [0, 0.1) is 6.79 Å². The van der Waals surface area contributed by atoms with Gasteiger partial charge in [-0.05, 0) is 12.1 Å². The van der Waals surface area contributed by atoms with Crippen molar-refractivity contribution in [2.75, 3.05) is 7.11 Å². The van der Waals surface area contributed by atoms with Gasteiger partial charge in [-0.25, -0.2) is 4.79 Å². The van der Waals surface area contributed by atoms with Gasteiger partial charge in [0.1, 0.15) is 0 Å². The van der Waals surface area contributed by atoms with Gasteiger partial charge in [0.25, 0.3) is 6.79 Å². The maximum absolute atomic E-state index is 11.1. The highest BCUT2D eigenvalue weighted by molar-refractivity contribution is 5.89. The third-order valence-corrected chi connectivity index (χ3v) is 1.26. The Kier molecular flexibility index (Phi) is 3.29. The lowest BCUT2D eigenvalue weighted by Crippen LogP contribution is -2.03. The molecule has 63 valence electrons. The highest BCUT2D eigenvalue weighted by atomic mass is 16.7. The van der Waals surface area contributed by atoms with Crippen LogP contribution < -0.4 is 0 Å². The van der Waals surface area contributed by atoms with Gasteiger partial charge in [-0.1, -0.05) is 18.2 Å². The van der Waals surface area contributed by atoms with Crippen molar-refractivity contribution in [2.24, 2.45) is 0 Å². The fourth-order valence-corrected chi connectivity index (χ4v) is 0.734. The summed E-state index contributed by atoms with van der Waals surface area (Å²) in [6.07, 6.45) is 0. The van der Waals surface area contributed by atoms with E-state index >= 15 is 0 Å². The Morgan fingerprint density at radius 1 is 1.33 bits per heavy atom. The van der Waals surface area contributed by atoms with E-state index in [0.717, 1.165) is 6.79 Å². The number of esters is 1. The van der Waals surface area contributed by atoms with Crippen molar-refractivity contribution in [3.63, 3.8) is 0 Å². The number of carbonyl (C=O) groups is 1. The van der Waals surface area contributed by atoms with Gasteiger partial charge in [-0.3, -0.25) is 0 Å². The summed E-state index contributed by atoms with van der Waals surface area (Å²) in [4.78, 5) is 11.1. The van der Waals surface area contributed by atoms with Crippen LogP contribution >= 0.6 is 0 Å². The highest BCUT2D eigenvalue weighted by Crippen LogP contribution is 2.01. The van der Waals surface area contributed by atoms with Crippen molar-refractivity contribution in [3.8, 4) is 0 Å². The van der Waals surface area contributed by atoms with Crippen molar-refractivity contribution >= 4 is 5.97 Å². The van der Waals surface area contributed by atoms with Crippen molar-refractivity contribution in [3.05, 3.63) is 42.7 Å². The summed E-state index contributed by atoms with van der Waals surface area (Å²) in [6.45, 7) is 0.995. The number of methoxy groups -OCH3 is 1. The largest absolute Gasteiger partial charge is 0.425 e. The zero-order valence-corrected chi connectivity index (χ0v) is 6.69. The lowest BCUT2D eigenvalue weighted by Gasteiger charge is -2.00. The first-order valence-corrected chi connectivity index (χ1v) is 3.45. The fraction of sp³-hybridized carbons (Fsp3) is 0.111. The predicted octanol–water partition coefficient (Wildman–Crippen LogP) is 1.61. The van der Waals surface area contributed by atoms with Gasteiger partial charge in [-0.2, -0.15) is 0 Å². The Bertz CT molecular complexity index is 243. The van der Waals surface area contributed by atoms with Crippen LogP contribution in [-0.2, 0) is 9.47 Å². The number of hydrogen-bond acceptors (Lipinski definition) is 3. The van der Waals surface area contributed by atoms with Gasteiger partial charge < -0.3 is 9.47 Å². The van der Waals surface area contributed by atoms with E-state index < -0.39 is 5.97 Å². The van der Waals surface area contributed by atoms with Crippen LogP contribution in [0.25, 0.3) is 0 Å². The standard InChI is InChI=1S/C9H9O3/c1-11-7-12-9(10)8-5-3-2-4-6-8/h2-7H,1H3. The average Bonchev–Trinajstić information content (AvgIpc) is 2.15. The highest BCUT2D eigenvalue weighted by Gasteiger charge is 2.04. The Balaban J connectivity index is 2.54. The molecule has 0 saturated carbocycles. The number of benzene rings is 1. The molecule has 1 radical (unpaired) electrons. The van der Waals surface area contributed by atoms with Crippen molar-refractivity contribution in [1.29, 1.82) is 0 Å². The SMILES string of the molecule is CO[CH]OC(=O)c1ccccc1. The van der Waals surface area contributed by atoms with E-state index in [1.54, 1.807) is 24.3 Å². The molecule has 0 amide bonds. The van der Waals surface area contributed by atoms with Crippen LogP contribution in [0.4, 0.5) is 0 Å². The van der Waals surface area contributed by atoms with Crippen molar-refractivity contribution in [2.45, 2.75) is 0 Å². The molecule has 0 aliphatic heterocycles. The minimum Gasteiger partial charge on any atom is -0.425 e. The third kappa shape index (κ3) is 2.36. The first-order chi connectivity index (χ1) is 5.84. The molecule has 0 bridgehead atoms. The van der Waals surface area contributed by atoms with Crippen molar-refractivity contribution < 1.29 is 14.3 Å². The summed E-state index contributed by atoms with van der Waals surface area (Å²) in [6, 6.07) is 8.71. The smallest absolute Gasteiger partial charge is 0.340 e. The van der Waals surface area contributed by atoms with Crippen LogP contribution in [0.1, 0.15) is 10.4 Å². The number of carbonyl (C=O) groups excluding carboxylic acids is 1. The number of rotatable bonds is 3. The second kappa shape index (κ2) is 4.51. The summed E-state index contributed by atoms with van der Waals surface area (Å²) in [5.74, 6) is -0.419. The zero-order chi connectivity index (χ0) is 8.81. The topological polar surface area (TPSA) is 35.5 Å². The van der Waals surface area contributed by atoms with Gasteiger partial charge >= 0.3 is 5.97 Å². The molecule has 1 rings (SSSR count). The Labute approximate surface area is 70.9 Å². The zero-order valence-electron chi connectivity index (χ0n) is 6.69. The fourth-order valence-electron chi connectivity index (χ4n) is 0.734. The van der Waals surface area contributed by atoms with Crippen LogP contribution in [0.2, 0.25) is 0 Å². The minimum absolute atomic E-state index is 0.419. The molecule has 3 heteroatoms. The first kappa shape index (κ1) is 8.74. The molecule has 0 heterocycles. The maximum Gasteiger partial charge on any atom is 0.340 e. The Morgan fingerprint density at radius 2 is 2.00 bits per heavy atom. The molecule has 1 aromatic carbocycles. The Hall–Kier alpha value is -1.35. The molecule has 3 nitrogen and oxygen atoms in total. The second-order valence-electron chi connectivity index (χ2n) is 2.10. The lowest BCUT2D eigenvalue weighted by atomic mass is 10.2. The number of hydrogen-bond donors (Lipinski definition) is 0. The first-order valence-electron chi connectivity index (χ1n) is 3.45. The minimum atomic E-state index is -0.419. The molecule has 0 unspecified atom stereocenters. The third-order valence-electron chi connectivity index (χ3n) is 1.26. The van der Waals surface area contributed by atoms with E-state index in [0.29, 0.717) is 5.56 Å². The molecule has 1 aromatic rings. The van der Waals surface area contributed by atoms with E-state index in [9.17, 15) is 4.79 Å². The second-order valence-corrected chi connectivity index (χ2v) is 2.10. The van der Waals surface area contributed by atoms with Crippen LogP contribution in [-0.4, -0.2) is 13.1 Å². The molecular formula is C9H9O3. The molecule has 0 aliphatic carbocycles. The molecule has 0 fully saturated rings. The molecule has 0 saturated heterocycles. The normalized spacial score (nSPS) is 9.42. The van der Waals surface area contributed by atoms with Gasteiger partial charge in [0.2, 0.25) is 0 Å². The average molecular weight is 165 g/mol. The predicted molar refractivity (Wildman–Crippen MR) is 43.2 cm³/mol. The van der Waals surface area contributed by atoms with Crippen LogP contribution in [0.3, 0.4) is 0 Å². The lowest BCUT2D eigenvalue weighted by molar-refractivity contribution is 0.0302. The van der Waals surface area contributed by atoms with Crippen LogP contribution in [0.5, 0.6) is 0 Å². The molecule has 0 aliphatic rings. The molecule has 0 aromatic heterocycles. The van der Waals surface area contributed by atoms with E-state index in [1.807, 2.05) is 6.07 Å². The van der Waals surface area contributed by atoms with Crippen LogP contribution in [0.15, 0.2) is 30.3 Å². The van der Waals surface area contributed by atoms with E-state index in [1.165, 1.54) is 7.11 Å². The molecular weight excluding hydrogens is 156 g/mol. The monoisotopic (exact) mass is 165 g/mol. The van der Waals surface area contributed by atoms with Gasteiger partial charge in [0, 0.05) is 7.11 Å². The van der Waals surface area contributed by atoms with E-state index in [-0.39, 0.29) is 0 Å². The summed E-state index contributed by atoms with van der Waals surface area (Å²) >= 11 is 0. The van der Waals surface area contributed by atoms with Gasteiger partial charge in [0.15, 0.2) is 0 Å².